The van der Waals surface area contributed by atoms with Crippen LogP contribution >= 0.6 is 0 Å². The lowest BCUT2D eigenvalue weighted by molar-refractivity contribution is 0.0876. The van der Waals surface area contributed by atoms with Gasteiger partial charge in [0.2, 0.25) is 0 Å². The Labute approximate surface area is 116 Å². The van der Waals surface area contributed by atoms with E-state index in [9.17, 15) is 4.79 Å². The van der Waals surface area contributed by atoms with Crippen LogP contribution in [0, 0.1) is 17.3 Å². The summed E-state index contributed by atoms with van der Waals surface area (Å²) in [5.41, 5.74) is 2.58. The van der Waals surface area contributed by atoms with Crippen LogP contribution in [0.15, 0.2) is 42.0 Å². The average molecular weight is 256 g/mol. The van der Waals surface area contributed by atoms with Crippen molar-refractivity contribution in [1.29, 1.82) is 0 Å². The average Bonchev–Trinajstić information content (AvgIpc) is 2.35. The Morgan fingerprint density at radius 2 is 1.89 bits per heavy atom. The minimum atomic E-state index is 0.0666. The number of hydrogen-bond acceptors (Lipinski definition) is 1. The fraction of sp³-hybridized carbons (Fsp3) is 0.500. The SMILES string of the molecule is CC1=CC([C@H](C)C(=O)c2ccccc2)CC(C)(C)C1. The van der Waals surface area contributed by atoms with Gasteiger partial charge in [0.15, 0.2) is 5.78 Å². The molecule has 0 saturated heterocycles. The molecule has 102 valence electrons. The number of Topliss-reactive ketones (excluding diaryl/α,β-unsaturated/α-hetero) is 1. The smallest absolute Gasteiger partial charge is 0.166 e. The summed E-state index contributed by atoms with van der Waals surface area (Å²) in [7, 11) is 0. The zero-order valence-corrected chi connectivity index (χ0v) is 12.4. The molecule has 1 nitrogen and oxygen atoms in total. The maximum absolute atomic E-state index is 12.5. The summed E-state index contributed by atoms with van der Waals surface area (Å²) in [6.07, 6.45) is 4.57. The maximum Gasteiger partial charge on any atom is 0.166 e. The lowest BCUT2D eigenvalue weighted by Crippen LogP contribution is -2.29. The summed E-state index contributed by atoms with van der Waals surface area (Å²) in [5.74, 6) is 0.709. The number of rotatable bonds is 3. The van der Waals surface area contributed by atoms with Gasteiger partial charge in [-0.3, -0.25) is 4.79 Å². The zero-order valence-electron chi connectivity index (χ0n) is 12.4. The van der Waals surface area contributed by atoms with Gasteiger partial charge in [0, 0.05) is 11.5 Å². The number of benzene rings is 1. The third kappa shape index (κ3) is 3.34. The third-order valence-electron chi connectivity index (χ3n) is 4.16. The highest BCUT2D eigenvalue weighted by Gasteiger charge is 2.32. The highest BCUT2D eigenvalue weighted by atomic mass is 16.1. The van der Waals surface area contributed by atoms with Gasteiger partial charge in [-0.2, -0.15) is 0 Å². The molecule has 0 spiro atoms. The zero-order chi connectivity index (χ0) is 14.0. The first-order chi connectivity index (χ1) is 8.89. The quantitative estimate of drug-likeness (QED) is 0.556. The lowest BCUT2D eigenvalue weighted by Gasteiger charge is -2.36. The van der Waals surface area contributed by atoms with Gasteiger partial charge >= 0.3 is 0 Å². The van der Waals surface area contributed by atoms with Crippen molar-refractivity contribution in [2.75, 3.05) is 0 Å². The fourth-order valence-corrected chi connectivity index (χ4v) is 3.33. The standard InChI is InChI=1S/C18H24O/c1-13-10-16(12-18(3,4)11-13)14(2)17(19)15-8-6-5-7-9-15/h5-10,14,16H,11-12H2,1-4H3/t14-,16?/m0/s1. The van der Waals surface area contributed by atoms with Crippen molar-refractivity contribution in [3.63, 3.8) is 0 Å². The van der Waals surface area contributed by atoms with Crippen LogP contribution in [0.25, 0.3) is 0 Å². The van der Waals surface area contributed by atoms with E-state index in [-0.39, 0.29) is 11.7 Å². The van der Waals surface area contributed by atoms with E-state index in [1.807, 2.05) is 30.3 Å². The van der Waals surface area contributed by atoms with E-state index in [1.54, 1.807) is 0 Å². The molecule has 0 heterocycles. The van der Waals surface area contributed by atoms with Crippen LogP contribution in [0.2, 0.25) is 0 Å². The lowest BCUT2D eigenvalue weighted by atomic mass is 9.69. The largest absolute Gasteiger partial charge is 0.294 e. The topological polar surface area (TPSA) is 17.1 Å². The Hall–Kier alpha value is -1.37. The number of allylic oxidation sites excluding steroid dienone is 2. The van der Waals surface area contributed by atoms with Crippen molar-refractivity contribution >= 4 is 5.78 Å². The van der Waals surface area contributed by atoms with Crippen molar-refractivity contribution in [2.45, 2.75) is 40.5 Å². The maximum atomic E-state index is 12.5. The molecule has 1 aromatic carbocycles. The summed E-state index contributed by atoms with van der Waals surface area (Å²) < 4.78 is 0. The number of carbonyl (C=O) groups excluding carboxylic acids is 1. The van der Waals surface area contributed by atoms with Gasteiger partial charge < -0.3 is 0 Å². The molecule has 2 atom stereocenters. The molecular weight excluding hydrogens is 232 g/mol. The molecule has 0 fully saturated rings. The second-order valence-corrected chi connectivity index (χ2v) is 6.74. The van der Waals surface area contributed by atoms with Gasteiger partial charge in [-0.25, -0.2) is 0 Å². The molecule has 1 aliphatic carbocycles. The molecular formula is C18H24O. The summed E-state index contributed by atoms with van der Waals surface area (Å²) >= 11 is 0. The first-order valence-corrected chi connectivity index (χ1v) is 7.16. The molecule has 1 heteroatoms. The summed E-state index contributed by atoms with van der Waals surface area (Å²) in [6, 6.07) is 9.67. The van der Waals surface area contributed by atoms with Gasteiger partial charge in [0.25, 0.3) is 0 Å². The van der Waals surface area contributed by atoms with Crippen LogP contribution < -0.4 is 0 Å². The molecule has 0 N–H and O–H groups in total. The van der Waals surface area contributed by atoms with Crippen molar-refractivity contribution in [3.8, 4) is 0 Å². The van der Waals surface area contributed by atoms with E-state index in [0.717, 1.165) is 18.4 Å². The van der Waals surface area contributed by atoms with Crippen LogP contribution in [0.1, 0.15) is 50.9 Å². The van der Waals surface area contributed by atoms with Crippen LogP contribution in [0.3, 0.4) is 0 Å². The summed E-state index contributed by atoms with van der Waals surface area (Å²) in [4.78, 5) is 12.5. The molecule has 1 aliphatic rings. The Kier molecular flexibility index (Phi) is 3.93. The highest BCUT2D eigenvalue weighted by molar-refractivity contribution is 5.97. The Bertz CT molecular complexity index is 482. The first kappa shape index (κ1) is 14.0. The van der Waals surface area contributed by atoms with Gasteiger partial charge in [-0.05, 0) is 31.1 Å². The number of hydrogen-bond donors (Lipinski definition) is 0. The summed E-state index contributed by atoms with van der Waals surface area (Å²) in [6.45, 7) is 8.87. The molecule has 1 unspecified atom stereocenters. The van der Waals surface area contributed by atoms with Crippen LogP contribution in [-0.4, -0.2) is 5.78 Å². The second-order valence-electron chi connectivity index (χ2n) is 6.74. The minimum Gasteiger partial charge on any atom is -0.294 e. The van der Waals surface area contributed by atoms with Crippen molar-refractivity contribution in [2.24, 2.45) is 17.3 Å². The van der Waals surface area contributed by atoms with Gasteiger partial charge in [0.05, 0.1) is 0 Å². The van der Waals surface area contributed by atoms with E-state index in [4.69, 9.17) is 0 Å². The predicted molar refractivity (Wildman–Crippen MR) is 80.2 cm³/mol. The first-order valence-electron chi connectivity index (χ1n) is 7.16. The van der Waals surface area contributed by atoms with Gasteiger partial charge in [0.1, 0.15) is 0 Å². The Morgan fingerprint density at radius 3 is 2.47 bits per heavy atom. The normalized spacial score (nSPS) is 23.6. The van der Waals surface area contributed by atoms with Crippen LogP contribution in [0.5, 0.6) is 0 Å². The second kappa shape index (κ2) is 5.32. The molecule has 19 heavy (non-hydrogen) atoms. The van der Waals surface area contributed by atoms with E-state index in [0.29, 0.717) is 11.3 Å². The Morgan fingerprint density at radius 1 is 1.26 bits per heavy atom. The van der Waals surface area contributed by atoms with Gasteiger partial charge in [-0.15, -0.1) is 0 Å². The summed E-state index contributed by atoms with van der Waals surface area (Å²) in [5, 5.41) is 0. The van der Waals surface area contributed by atoms with E-state index in [1.165, 1.54) is 5.57 Å². The highest BCUT2D eigenvalue weighted by Crippen LogP contribution is 2.41. The Balaban J connectivity index is 2.18. The van der Waals surface area contributed by atoms with E-state index >= 15 is 0 Å². The van der Waals surface area contributed by atoms with Crippen molar-refractivity contribution in [3.05, 3.63) is 47.5 Å². The van der Waals surface area contributed by atoms with Crippen molar-refractivity contribution < 1.29 is 4.79 Å². The molecule has 2 rings (SSSR count). The molecule has 0 aromatic heterocycles. The van der Waals surface area contributed by atoms with Crippen LogP contribution in [0.4, 0.5) is 0 Å². The number of ketones is 1. The predicted octanol–water partition coefficient (Wildman–Crippen LogP) is 4.89. The molecule has 1 aromatic rings. The minimum absolute atomic E-state index is 0.0666. The fourth-order valence-electron chi connectivity index (χ4n) is 3.33. The molecule has 0 saturated carbocycles. The molecule has 0 aliphatic heterocycles. The monoisotopic (exact) mass is 256 g/mol. The third-order valence-corrected chi connectivity index (χ3v) is 4.16. The van der Waals surface area contributed by atoms with Crippen LogP contribution in [-0.2, 0) is 0 Å². The van der Waals surface area contributed by atoms with Crippen molar-refractivity contribution in [1.82, 2.24) is 0 Å². The molecule has 0 bridgehead atoms. The number of carbonyl (C=O) groups is 1. The molecule has 0 radical (unpaired) electrons. The van der Waals surface area contributed by atoms with Gasteiger partial charge in [-0.1, -0.05) is 62.8 Å². The molecule has 0 amide bonds. The van der Waals surface area contributed by atoms with E-state index in [2.05, 4.69) is 33.8 Å². The van der Waals surface area contributed by atoms with E-state index < -0.39 is 0 Å².